The van der Waals surface area contributed by atoms with Crippen LogP contribution < -0.4 is 5.32 Å². The van der Waals surface area contributed by atoms with E-state index in [2.05, 4.69) is 15.3 Å². The lowest BCUT2D eigenvalue weighted by molar-refractivity contribution is 0.191. The first-order valence-electron chi connectivity index (χ1n) is 7.55. The highest BCUT2D eigenvalue weighted by atomic mass is 32.1. The monoisotopic (exact) mass is 311 g/mol. The van der Waals surface area contributed by atoms with Crippen molar-refractivity contribution in [2.24, 2.45) is 0 Å². The fraction of sp³-hybridized carbons (Fsp3) is 0.294. The first-order valence-corrected chi connectivity index (χ1v) is 8.36. The maximum Gasteiger partial charge on any atom is 0.138 e. The van der Waals surface area contributed by atoms with Crippen molar-refractivity contribution in [3.05, 3.63) is 52.7 Å². The van der Waals surface area contributed by atoms with E-state index in [9.17, 15) is 5.11 Å². The van der Waals surface area contributed by atoms with Crippen LogP contribution in [0.25, 0.3) is 10.2 Å². The maximum atomic E-state index is 10.3. The van der Waals surface area contributed by atoms with Crippen molar-refractivity contribution in [2.75, 3.05) is 11.9 Å². The van der Waals surface area contributed by atoms with E-state index in [0.29, 0.717) is 6.54 Å². The molecule has 0 saturated carbocycles. The average molecular weight is 311 g/mol. The number of thiophene rings is 1. The number of aliphatic hydroxyl groups excluding tert-OH is 1. The molecule has 1 aromatic carbocycles. The average Bonchev–Trinajstić information content (AvgIpc) is 3.14. The molecule has 22 heavy (non-hydrogen) atoms. The number of hydrogen-bond acceptors (Lipinski definition) is 5. The number of anilines is 1. The Balaban J connectivity index is 1.60. The molecular formula is C17H17N3OS. The molecule has 0 spiro atoms. The summed E-state index contributed by atoms with van der Waals surface area (Å²) in [6.45, 7) is 0.445. The number of rotatable bonds is 4. The van der Waals surface area contributed by atoms with E-state index in [1.807, 2.05) is 30.3 Å². The van der Waals surface area contributed by atoms with E-state index in [-0.39, 0.29) is 0 Å². The molecule has 2 aromatic heterocycles. The van der Waals surface area contributed by atoms with Crippen molar-refractivity contribution in [1.29, 1.82) is 0 Å². The van der Waals surface area contributed by atoms with Crippen LogP contribution in [0.3, 0.4) is 0 Å². The van der Waals surface area contributed by atoms with Gasteiger partial charge in [-0.2, -0.15) is 0 Å². The highest BCUT2D eigenvalue weighted by Gasteiger charge is 2.21. The number of nitrogens with one attached hydrogen (secondary N) is 1. The molecule has 2 heterocycles. The summed E-state index contributed by atoms with van der Waals surface area (Å²) in [5, 5.41) is 14.8. The Morgan fingerprint density at radius 1 is 1.18 bits per heavy atom. The Labute approximate surface area is 132 Å². The number of aryl methyl sites for hydroxylation is 2. The fourth-order valence-corrected chi connectivity index (χ4v) is 4.28. The van der Waals surface area contributed by atoms with Crippen LogP contribution in [0.15, 0.2) is 36.7 Å². The van der Waals surface area contributed by atoms with Gasteiger partial charge in [0.1, 0.15) is 17.0 Å². The molecule has 112 valence electrons. The molecule has 2 N–H and O–H groups in total. The van der Waals surface area contributed by atoms with E-state index in [4.69, 9.17) is 0 Å². The molecule has 0 aliphatic heterocycles. The van der Waals surface area contributed by atoms with Gasteiger partial charge in [0.2, 0.25) is 0 Å². The zero-order valence-corrected chi connectivity index (χ0v) is 12.9. The number of aromatic nitrogens is 2. The number of hydrogen-bond donors (Lipinski definition) is 2. The van der Waals surface area contributed by atoms with Crippen LogP contribution >= 0.6 is 11.3 Å². The number of fused-ring (bicyclic) bond motifs is 3. The first-order chi connectivity index (χ1) is 10.8. The molecule has 4 rings (SSSR count). The molecule has 0 amide bonds. The third-order valence-corrected chi connectivity index (χ3v) is 5.35. The van der Waals surface area contributed by atoms with Crippen molar-refractivity contribution in [2.45, 2.75) is 25.4 Å². The minimum absolute atomic E-state index is 0.445. The first kappa shape index (κ1) is 13.7. The Hall–Kier alpha value is -1.98. The second-order valence-electron chi connectivity index (χ2n) is 5.57. The van der Waals surface area contributed by atoms with Crippen molar-refractivity contribution in [3.8, 4) is 0 Å². The normalized spacial score (nSPS) is 15.0. The summed E-state index contributed by atoms with van der Waals surface area (Å²) in [6, 6.07) is 9.70. The van der Waals surface area contributed by atoms with Crippen LogP contribution in [0.1, 0.15) is 28.5 Å². The van der Waals surface area contributed by atoms with Crippen LogP contribution in [-0.2, 0) is 12.8 Å². The standard InChI is InChI=1S/C17H17N3OS/c21-13(11-5-2-1-3-6-11)9-18-16-15-12-7-4-8-14(12)22-17(15)20-10-19-16/h1-3,5-6,10,13,21H,4,7-9H2,(H,18,19,20)/t13-/m0/s1. The van der Waals surface area contributed by atoms with Gasteiger partial charge in [0.15, 0.2) is 0 Å². The summed E-state index contributed by atoms with van der Waals surface area (Å²) in [5.74, 6) is 0.847. The quantitative estimate of drug-likeness (QED) is 0.776. The highest BCUT2D eigenvalue weighted by molar-refractivity contribution is 7.19. The number of nitrogens with zero attached hydrogens (tertiary/aromatic N) is 2. The lowest BCUT2D eigenvalue weighted by Crippen LogP contribution is -2.13. The lowest BCUT2D eigenvalue weighted by atomic mass is 10.1. The van der Waals surface area contributed by atoms with Gasteiger partial charge in [-0.15, -0.1) is 11.3 Å². The summed E-state index contributed by atoms with van der Waals surface area (Å²) in [5.41, 5.74) is 2.31. The van der Waals surface area contributed by atoms with Gasteiger partial charge in [0.05, 0.1) is 11.5 Å². The summed E-state index contributed by atoms with van der Waals surface area (Å²) < 4.78 is 0. The largest absolute Gasteiger partial charge is 0.387 e. The van der Waals surface area contributed by atoms with Crippen molar-refractivity contribution in [1.82, 2.24) is 9.97 Å². The zero-order valence-electron chi connectivity index (χ0n) is 12.1. The predicted octanol–water partition coefficient (Wildman–Crippen LogP) is 3.33. The van der Waals surface area contributed by atoms with Crippen molar-refractivity contribution >= 4 is 27.4 Å². The van der Waals surface area contributed by atoms with Gasteiger partial charge in [0.25, 0.3) is 0 Å². The minimum atomic E-state index is -0.544. The lowest BCUT2D eigenvalue weighted by Gasteiger charge is -2.13. The molecule has 3 aromatic rings. The van der Waals surface area contributed by atoms with E-state index in [1.165, 1.54) is 16.9 Å². The molecule has 0 saturated heterocycles. The number of aliphatic hydroxyl groups is 1. The summed E-state index contributed by atoms with van der Waals surface area (Å²) in [6.07, 6.45) is 4.54. The van der Waals surface area contributed by atoms with Crippen LogP contribution in [-0.4, -0.2) is 21.6 Å². The van der Waals surface area contributed by atoms with E-state index in [1.54, 1.807) is 17.7 Å². The van der Waals surface area contributed by atoms with Crippen molar-refractivity contribution < 1.29 is 5.11 Å². The summed E-state index contributed by atoms with van der Waals surface area (Å²) in [7, 11) is 0. The Kier molecular flexibility index (Phi) is 3.52. The molecule has 4 nitrogen and oxygen atoms in total. The fourth-order valence-electron chi connectivity index (χ4n) is 3.05. The molecule has 5 heteroatoms. The van der Waals surface area contributed by atoms with Gasteiger partial charge >= 0.3 is 0 Å². The second kappa shape index (κ2) is 5.66. The molecule has 1 atom stereocenters. The highest BCUT2D eigenvalue weighted by Crippen LogP contribution is 2.39. The molecule has 1 aliphatic carbocycles. The van der Waals surface area contributed by atoms with Crippen LogP contribution in [0.5, 0.6) is 0 Å². The molecule has 0 fully saturated rings. The van der Waals surface area contributed by atoms with Gasteiger partial charge < -0.3 is 10.4 Å². The zero-order chi connectivity index (χ0) is 14.9. The Bertz CT molecular complexity index is 800. The summed E-state index contributed by atoms with van der Waals surface area (Å²) >= 11 is 1.78. The molecule has 0 bridgehead atoms. The smallest absolute Gasteiger partial charge is 0.138 e. The maximum absolute atomic E-state index is 10.3. The van der Waals surface area contributed by atoms with Crippen LogP contribution in [0, 0.1) is 0 Å². The van der Waals surface area contributed by atoms with E-state index in [0.717, 1.165) is 34.4 Å². The number of benzene rings is 1. The topological polar surface area (TPSA) is 58.0 Å². The molecule has 1 aliphatic rings. The van der Waals surface area contributed by atoms with Crippen molar-refractivity contribution in [3.63, 3.8) is 0 Å². The SMILES string of the molecule is O[C@@H](CNc1ncnc2sc3c(c12)CCC3)c1ccccc1. The van der Waals surface area contributed by atoms with E-state index < -0.39 is 6.10 Å². The van der Waals surface area contributed by atoms with Gasteiger partial charge in [-0.3, -0.25) is 0 Å². The third kappa shape index (κ3) is 2.36. The Morgan fingerprint density at radius 3 is 2.91 bits per heavy atom. The van der Waals surface area contributed by atoms with Gasteiger partial charge in [-0.05, 0) is 30.4 Å². The van der Waals surface area contributed by atoms with Gasteiger partial charge in [-0.25, -0.2) is 9.97 Å². The minimum Gasteiger partial charge on any atom is -0.387 e. The summed E-state index contributed by atoms with van der Waals surface area (Å²) in [4.78, 5) is 11.3. The molecular weight excluding hydrogens is 294 g/mol. The second-order valence-corrected chi connectivity index (χ2v) is 6.65. The third-order valence-electron chi connectivity index (χ3n) is 4.15. The van der Waals surface area contributed by atoms with E-state index >= 15 is 0 Å². The van der Waals surface area contributed by atoms with Gasteiger partial charge in [0, 0.05) is 11.4 Å². The molecule has 0 radical (unpaired) electrons. The van der Waals surface area contributed by atoms with Gasteiger partial charge in [-0.1, -0.05) is 30.3 Å². The predicted molar refractivity (Wildman–Crippen MR) is 89.3 cm³/mol. The van der Waals surface area contributed by atoms with Crippen LogP contribution in [0.2, 0.25) is 0 Å². The Morgan fingerprint density at radius 2 is 2.05 bits per heavy atom. The van der Waals surface area contributed by atoms with Crippen LogP contribution in [0.4, 0.5) is 5.82 Å². The molecule has 0 unspecified atom stereocenters.